The second kappa shape index (κ2) is 9.40. The summed E-state index contributed by atoms with van der Waals surface area (Å²) < 4.78 is 0. The summed E-state index contributed by atoms with van der Waals surface area (Å²) in [5, 5.41) is 6.50. The highest BCUT2D eigenvalue weighted by Gasteiger charge is 2.20. The van der Waals surface area contributed by atoms with Gasteiger partial charge in [0.15, 0.2) is 0 Å². The Hall–Kier alpha value is -1.10. The molecule has 1 aliphatic heterocycles. The molecular weight excluding hydrogens is 322 g/mol. The third kappa shape index (κ3) is 5.20. The highest BCUT2D eigenvalue weighted by atomic mass is 35.5. The SMILES string of the molecule is CCNCC1CCN(CC(=O)Nc2ccc3c(c2)CCC3)CC1.Cl. The van der Waals surface area contributed by atoms with Gasteiger partial charge in [0.1, 0.15) is 0 Å². The standard InChI is InChI=1S/C19H29N3O.ClH/c1-2-20-13-15-8-10-22(11-9-15)14-19(23)21-18-7-6-16-4-3-5-17(16)12-18;/h6-7,12,15,20H,2-5,8-11,13-14H2,1H3,(H,21,23);1H. The highest BCUT2D eigenvalue weighted by Crippen LogP contribution is 2.25. The first-order valence-corrected chi connectivity index (χ1v) is 9.09. The Morgan fingerprint density at radius 1 is 1.21 bits per heavy atom. The number of hydrogen-bond acceptors (Lipinski definition) is 3. The number of carbonyl (C=O) groups is 1. The number of anilines is 1. The van der Waals surface area contributed by atoms with Crippen LogP contribution in [0.25, 0.3) is 0 Å². The zero-order valence-corrected chi connectivity index (χ0v) is 15.5. The van der Waals surface area contributed by atoms with Gasteiger partial charge < -0.3 is 10.6 Å². The Balaban J connectivity index is 0.00000208. The van der Waals surface area contributed by atoms with Crippen LogP contribution < -0.4 is 10.6 Å². The number of halogens is 1. The van der Waals surface area contributed by atoms with E-state index in [1.165, 1.54) is 36.8 Å². The van der Waals surface area contributed by atoms with E-state index in [4.69, 9.17) is 0 Å². The maximum Gasteiger partial charge on any atom is 0.238 e. The van der Waals surface area contributed by atoms with Crippen molar-refractivity contribution in [2.75, 3.05) is 38.0 Å². The van der Waals surface area contributed by atoms with E-state index in [-0.39, 0.29) is 18.3 Å². The molecule has 134 valence electrons. The minimum atomic E-state index is 0. The van der Waals surface area contributed by atoms with Crippen molar-refractivity contribution in [3.05, 3.63) is 29.3 Å². The van der Waals surface area contributed by atoms with Gasteiger partial charge in [0.05, 0.1) is 6.54 Å². The number of benzene rings is 1. The van der Waals surface area contributed by atoms with Gasteiger partial charge in [-0.25, -0.2) is 0 Å². The monoisotopic (exact) mass is 351 g/mol. The summed E-state index contributed by atoms with van der Waals surface area (Å²) in [7, 11) is 0. The second-order valence-electron chi connectivity index (χ2n) is 6.91. The lowest BCUT2D eigenvalue weighted by atomic mass is 9.97. The van der Waals surface area contributed by atoms with Gasteiger partial charge in [0, 0.05) is 5.69 Å². The van der Waals surface area contributed by atoms with Crippen molar-refractivity contribution in [1.82, 2.24) is 10.2 Å². The summed E-state index contributed by atoms with van der Waals surface area (Å²) in [5.74, 6) is 0.888. The lowest BCUT2D eigenvalue weighted by molar-refractivity contribution is -0.117. The topological polar surface area (TPSA) is 44.4 Å². The van der Waals surface area contributed by atoms with Gasteiger partial charge in [0.2, 0.25) is 5.91 Å². The molecule has 24 heavy (non-hydrogen) atoms. The number of carbonyl (C=O) groups excluding carboxylic acids is 1. The number of piperidine rings is 1. The molecule has 1 heterocycles. The number of fused-ring (bicyclic) bond motifs is 1. The predicted octanol–water partition coefficient (Wildman–Crippen LogP) is 2.86. The number of likely N-dealkylation sites (tertiary alicyclic amines) is 1. The van der Waals surface area contributed by atoms with Crippen LogP contribution in [0, 0.1) is 5.92 Å². The smallest absolute Gasteiger partial charge is 0.238 e. The molecule has 3 rings (SSSR count). The summed E-state index contributed by atoms with van der Waals surface area (Å²) in [6.45, 7) is 6.90. The number of rotatable bonds is 6. The van der Waals surface area contributed by atoms with Crippen LogP contribution in [-0.4, -0.2) is 43.5 Å². The fourth-order valence-corrected chi connectivity index (χ4v) is 3.75. The van der Waals surface area contributed by atoms with Crippen LogP contribution in [0.5, 0.6) is 0 Å². The zero-order valence-electron chi connectivity index (χ0n) is 14.6. The molecule has 0 bridgehead atoms. The van der Waals surface area contributed by atoms with Crippen LogP contribution in [0.3, 0.4) is 0 Å². The second-order valence-corrected chi connectivity index (χ2v) is 6.91. The minimum Gasteiger partial charge on any atom is -0.325 e. The number of aryl methyl sites for hydroxylation is 2. The molecular formula is C19H30ClN3O. The maximum atomic E-state index is 12.3. The van der Waals surface area contributed by atoms with Crippen molar-refractivity contribution in [1.29, 1.82) is 0 Å². The Labute approximate surface area is 151 Å². The number of hydrogen-bond donors (Lipinski definition) is 2. The van der Waals surface area contributed by atoms with Gasteiger partial charge in [-0.3, -0.25) is 9.69 Å². The summed E-state index contributed by atoms with van der Waals surface area (Å²) in [6.07, 6.45) is 5.97. The van der Waals surface area contributed by atoms with Crippen LogP contribution in [0.2, 0.25) is 0 Å². The van der Waals surface area contributed by atoms with Crippen molar-refractivity contribution in [3.63, 3.8) is 0 Å². The van der Waals surface area contributed by atoms with Crippen molar-refractivity contribution >= 4 is 24.0 Å². The lowest BCUT2D eigenvalue weighted by Gasteiger charge is -2.31. The fraction of sp³-hybridized carbons (Fsp3) is 0.632. The maximum absolute atomic E-state index is 12.3. The molecule has 0 saturated carbocycles. The number of nitrogens with zero attached hydrogens (tertiary/aromatic N) is 1. The highest BCUT2D eigenvalue weighted by molar-refractivity contribution is 5.92. The van der Waals surface area contributed by atoms with Gasteiger partial charge in [-0.15, -0.1) is 12.4 Å². The van der Waals surface area contributed by atoms with Crippen molar-refractivity contribution in [2.45, 2.75) is 39.0 Å². The Morgan fingerprint density at radius 2 is 1.96 bits per heavy atom. The summed E-state index contributed by atoms with van der Waals surface area (Å²) >= 11 is 0. The molecule has 2 aliphatic rings. The van der Waals surface area contributed by atoms with Crippen LogP contribution in [0.4, 0.5) is 5.69 Å². The first kappa shape index (κ1) is 19.2. The number of amides is 1. The third-order valence-corrected chi connectivity index (χ3v) is 5.14. The van der Waals surface area contributed by atoms with E-state index >= 15 is 0 Å². The van der Waals surface area contributed by atoms with Crippen molar-refractivity contribution in [2.24, 2.45) is 5.92 Å². The van der Waals surface area contributed by atoms with Gasteiger partial charge in [-0.1, -0.05) is 13.0 Å². The molecule has 0 atom stereocenters. The van der Waals surface area contributed by atoms with E-state index in [0.29, 0.717) is 6.54 Å². The molecule has 0 radical (unpaired) electrons. The van der Waals surface area contributed by atoms with Gasteiger partial charge >= 0.3 is 0 Å². The van der Waals surface area contributed by atoms with Gasteiger partial charge in [-0.05, 0) is 87.5 Å². The molecule has 1 saturated heterocycles. The lowest BCUT2D eigenvalue weighted by Crippen LogP contribution is -2.41. The first-order valence-electron chi connectivity index (χ1n) is 9.09. The molecule has 5 heteroatoms. The first-order chi connectivity index (χ1) is 11.2. The van der Waals surface area contributed by atoms with E-state index in [0.717, 1.165) is 44.2 Å². The van der Waals surface area contributed by atoms with Crippen LogP contribution in [0.15, 0.2) is 18.2 Å². The Morgan fingerprint density at radius 3 is 2.71 bits per heavy atom. The Kier molecular flexibility index (Phi) is 7.53. The summed E-state index contributed by atoms with van der Waals surface area (Å²) in [6, 6.07) is 6.37. The molecule has 1 aromatic rings. The average molecular weight is 352 g/mol. The Bertz CT molecular complexity index is 541. The normalized spacial score (nSPS) is 18.0. The molecule has 4 nitrogen and oxygen atoms in total. The fourth-order valence-electron chi connectivity index (χ4n) is 3.75. The quantitative estimate of drug-likeness (QED) is 0.828. The van der Waals surface area contributed by atoms with Crippen LogP contribution >= 0.6 is 12.4 Å². The molecule has 1 aromatic carbocycles. The van der Waals surface area contributed by atoms with E-state index in [1.54, 1.807) is 0 Å². The predicted molar refractivity (Wildman–Crippen MR) is 102 cm³/mol. The van der Waals surface area contributed by atoms with Crippen molar-refractivity contribution in [3.8, 4) is 0 Å². The molecule has 0 unspecified atom stereocenters. The molecule has 1 amide bonds. The molecule has 0 spiro atoms. The molecule has 0 aromatic heterocycles. The van der Waals surface area contributed by atoms with Gasteiger partial charge in [-0.2, -0.15) is 0 Å². The molecule has 2 N–H and O–H groups in total. The zero-order chi connectivity index (χ0) is 16.1. The molecule has 1 aliphatic carbocycles. The van der Waals surface area contributed by atoms with Crippen LogP contribution in [0.1, 0.15) is 37.3 Å². The van der Waals surface area contributed by atoms with E-state index in [1.807, 2.05) is 6.07 Å². The van der Waals surface area contributed by atoms with Gasteiger partial charge in [0.25, 0.3) is 0 Å². The average Bonchev–Trinajstić information content (AvgIpc) is 3.02. The van der Waals surface area contributed by atoms with E-state index < -0.39 is 0 Å². The third-order valence-electron chi connectivity index (χ3n) is 5.14. The minimum absolute atomic E-state index is 0. The van der Waals surface area contributed by atoms with E-state index in [9.17, 15) is 4.79 Å². The number of nitrogens with one attached hydrogen (secondary N) is 2. The largest absolute Gasteiger partial charge is 0.325 e. The van der Waals surface area contributed by atoms with Crippen LogP contribution in [-0.2, 0) is 17.6 Å². The molecule has 1 fully saturated rings. The summed E-state index contributed by atoms with van der Waals surface area (Å²) in [4.78, 5) is 14.6. The summed E-state index contributed by atoms with van der Waals surface area (Å²) in [5.41, 5.74) is 3.82. The van der Waals surface area contributed by atoms with E-state index in [2.05, 4.69) is 34.6 Å². The van der Waals surface area contributed by atoms with Crippen molar-refractivity contribution < 1.29 is 4.79 Å².